The molecule has 0 saturated heterocycles. The SMILES string of the molecule is C#CC(=O)NCCCNC(=O)c1ccccc1NC. The fourth-order valence-electron chi connectivity index (χ4n) is 1.54. The maximum atomic E-state index is 11.9. The molecule has 0 heterocycles. The van der Waals surface area contributed by atoms with Crippen LogP contribution in [0, 0.1) is 12.3 Å². The summed E-state index contributed by atoms with van der Waals surface area (Å²) in [6.45, 7) is 0.915. The Labute approximate surface area is 112 Å². The molecule has 0 radical (unpaired) electrons. The maximum absolute atomic E-state index is 11.9. The molecule has 5 heteroatoms. The predicted octanol–water partition coefficient (Wildman–Crippen LogP) is 0.598. The third-order valence-corrected chi connectivity index (χ3v) is 2.50. The molecule has 0 bridgehead atoms. The highest BCUT2D eigenvalue weighted by atomic mass is 16.2. The van der Waals surface area contributed by atoms with Gasteiger partial charge in [0.15, 0.2) is 0 Å². The van der Waals surface area contributed by atoms with Crippen LogP contribution < -0.4 is 16.0 Å². The van der Waals surface area contributed by atoms with Gasteiger partial charge in [0, 0.05) is 25.8 Å². The molecular weight excluding hydrogens is 242 g/mol. The predicted molar refractivity (Wildman–Crippen MR) is 74.8 cm³/mol. The van der Waals surface area contributed by atoms with Crippen LogP contribution in [0.25, 0.3) is 0 Å². The van der Waals surface area contributed by atoms with Crippen molar-refractivity contribution in [1.29, 1.82) is 0 Å². The average molecular weight is 259 g/mol. The van der Waals surface area contributed by atoms with Crippen LogP contribution in [0.15, 0.2) is 24.3 Å². The van der Waals surface area contributed by atoms with Crippen molar-refractivity contribution in [3.05, 3.63) is 29.8 Å². The van der Waals surface area contributed by atoms with E-state index in [1.807, 2.05) is 24.1 Å². The van der Waals surface area contributed by atoms with Gasteiger partial charge in [0.1, 0.15) is 0 Å². The molecular formula is C14H17N3O2. The highest BCUT2D eigenvalue weighted by Crippen LogP contribution is 2.13. The van der Waals surface area contributed by atoms with Gasteiger partial charge in [-0.2, -0.15) is 0 Å². The minimum Gasteiger partial charge on any atom is -0.387 e. The van der Waals surface area contributed by atoms with Crippen molar-refractivity contribution in [2.24, 2.45) is 0 Å². The molecule has 19 heavy (non-hydrogen) atoms. The van der Waals surface area contributed by atoms with Gasteiger partial charge in [-0.05, 0) is 24.5 Å². The van der Waals surface area contributed by atoms with Crippen LogP contribution in [-0.4, -0.2) is 32.0 Å². The van der Waals surface area contributed by atoms with Gasteiger partial charge in [0.2, 0.25) is 0 Å². The van der Waals surface area contributed by atoms with Crippen LogP contribution in [0.2, 0.25) is 0 Å². The highest BCUT2D eigenvalue weighted by Gasteiger charge is 2.08. The maximum Gasteiger partial charge on any atom is 0.295 e. The Morgan fingerprint density at radius 3 is 2.58 bits per heavy atom. The van der Waals surface area contributed by atoms with E-state index in [0.29, 0.717) is 25.1 Å². The first-order valence-corrected chi connectivity index (χ1v) is 5.98. The van der Waals surface area contributed by atoms with Gasteiger partial charge in [-0.15, -0.1) is 6.42 Å². The minimum atomic E-state index is -0.438. The van der Waals surface area contributed by atoms with Gasteiger partial charge in [-0.25, -0.2) is 0 Å². The first kappa shape index (κ1) is 14.6. The van der Waals surface area contributed by atoms with Gasteiger partial charge in [-0.1, -0.05) is 12.1 Å². The van der Waals surface area contributed by atoms with Crippen LogP contribution in [0.1, 0.15) is 16.8 Å². The summed E-state index contributed by atoms with van der Waals surface area (Å²) in [6, 6.07) is 7.25. The molecule has 0 aliphatic carbocycles. The van der Waals surface area contributed by atoms with Crippen molar-refractivity contribution in [2.75, 3.05) is 25.5 Å². The smallest absolute Gasteiger partial charge is 0.295 e. The van der Waals surface area contributed by atoms with Gasteiger partial charge < -0.3 is 16.0 Å². The van der Waals surface area contributed by atoms with E-state index < -0.39 is 5.91 Å². The van der Waals surface area contributed by atoms with Gasteiger partial charge in [0.25, 0.3) is 11.8 Å². The number of benzene rings is 1. The summed E-state index contributed by atoms with van der Waals surface area (Å²) in [5.74, 6) is 1.38. The summed E-state index contributed by atoms with van der Waals surface area (Å²) < 4.78 is 0. The number of hydrogen-bond acceptors (Lipinski definition) is 3. The molecule has 1 aromatic carbocycles. The molecule has 0 atom stereocenters. The molecule has 0 unspecified atom stereocenters. The zero-order valence-electron chi connectivity index (χ0n) is 10.8. The molecule has 0 aromatic heterocycles. The van der Waals surface area contributed by atoms with Crippen LogP contribution >= 0.6 is 0 Å². The topological polar surface area (TPSA) is 70.2 Å². The van der Waals surface area contributed by atoms with E-state index in [1.54, 1.807) is 13.1 Å². The monoisotopic (exact) mass is 259 g/mol. The largest absolute Gasteiger partial charge is 0.387 e. The Balaban J connectivity index is 2.36. The van der Waals surface area contributed by atoms with Crippen molar-refractivity contribution in [3.8, 4) is 12.3 Å². The number of amides is 2. The lowest BCUT2D eigenvalue weighted by Crippen LogP contribution is -2.29. The summed E-state index contributed by atoms with van der Waals surface area (Å²) in [5.41, 5.74) is 1.37. The first-order chi connectivity index (χ1) is 9.19. The second kappa shape index (κ2) is 7.77. The van der Waals surface area contributed by atoms with Gasteiger partial charge >= 0.3 is 0 Å². The van der Waals surface area contributed by atoms with Crippen molar-refractivity contribution < 1.29 is 9.59 Å². The van der Waals surface area contributed by atoms with Crippen molar-refractivity contribution in [1.82, 2.24) is 10.6 Å². The summed E-state index contributed by atoms with van der Waals surface area (Å²) in [4.78, 5) is 22.7. The number of terminal acetylenes is 1. The van der Waals surface area contributed by atoms with Crippen molar-refractivity contribution in [3.63, 3.8) is 0 Å². The van der Waals surface area contributed by atoms with Crippen LogP contribution in [-0.2, 0) is 4.79 Å². The second-order valence-corrected chi connectivity index (χ2v) is 3.81. The van der Waals surface area contributed by atoms with Crippen molar-refractivity contribution in [2.45, 2.75) is 6.42 Å². The zero-order valence-corrected chi connectivity index (χ0v) is 10.8. The molecule has 0 aliphatic rings. The lowest BCUT2D eigenvalue weighted by molar-refractivity contribution is -0.115. The van der Waals surface area contributed by atoms with E-state index in [-0.39, 0.29) is 5.91 Å². The third-order valence-electron chi connectivity index (χ3n) is 2.50. The van der Waals surface area contributed by atoms with Crippen LogP contribution in [0.4, 0.5) is 5.69 Å². The van der Waals surface area contributed by atoms with E-state index in [2.05, 4.69) is 16.0 Å². The highest BCUT2D eigenvalue weighted by molar-refractivity contribution is 5.99. The molecule has 2 amide bonds. The third kappa shape index (κ3) is 4.72. The normalized spacial score (nSPS) is 9.26. The Bertz CT molecular complexity index is 492. The second-order valence-electron chi connectivity index (χ2n) is 3.81. The first-order valence-electron chi connectivity index (χ1n) is 5.98. The van der Waals surface area contributed by atoms with Crippen molar-refractivity contribution >= 4 is 17.5 Å². The van der Waals surface area contributed by atoms with Gasteiger partial charge in [0.05, 0.1) is 5.56 Å². The number of hydrogen-bond donors (Lipinski definition) is 3. The number of carbonyl (C=O) groups excluding carboxylic acids is 2. The quantitative estimate of drug-likeness (QED) is 0.517. The lowest BCUT2D eigenvalue weighted by atomic mass is 10.1. The zero-order chi connectivity index (χ0) is 14.1. The Morgan fingerprint density at radius 2 is 1.89 bits per heavy atom. The lowest BCUT2D eigenvalue weighted by Gasteiger charge is -2.09. The molecule has 3 N–H and O–H groups in total. The summed E-state index contributed by atoms with van der Waals surface area (Å²) >= 11 is 0. The fraction of sp³-hybridized carbons (Fsp3) is 0.286. The molecule has 0 aliphatic heterocycles. The number of carbonyl (C=O) groups is 2. The summed E-state index contributed by atoms with van der Waals surface area (Å²) in [7, 11) is 1.77. The molecule has 100 valence electrons. The average Bonchev–Trinajstić information content (AvgIpc) is 2.46. The van der Waals surface area contributed by atoms with E-state index in [0.717, 1.165) is 5.69 Å². The van der Waals surface area contributed by atoms with E-state index in [1.165, 1.54) is 0 Å². The standard InChI is InChI=1S/C14H17N3O2/c1-3-13(18)16-9-6-10-17-14(19)11-7-4-5-8-12(11)15-2/h1,4-5,7-8,15H,6,9-10H2,2H3,(H,16,18)(H,17,19). The fourth-order valence-corrected chi connectivity index (χ4v) is 1.54. The summed E-state index contributed by atoms with van der Waals surface area (Å²) in [5, 5.41) is 8.27. The van der Waals surface area contributed by atoms with Crippen LogP contribution in [0.5, 0.6) is 0 Å². The van der Waals surface area contributed by atoms with E-state index in [9.17, 15) is 9.59 Å². The van der Waals surface area contributed by atoms with E-state index in [4.69, 9.17) is 6.42 Å². The Morgan fingerprint density at radius 1 is 1.21 bits per heavy atom. The molecule has 0 spiro atoms. The number of anilines is 1. The molecule has 0 fully saturated rings. The molecule has 5 nitrogen and oxygen atoms in total. The molecule has 1 aromatic rings. The molecule has 0 saturated carbocycles. The Hall–Kier alpha value is -2.48. The summed E-state index contributed by atoms with van der Waals surface area (Å²) in [6.07, 6.45) is 5.53. The number of nitrogens with one attached hydrogen (secondary N) is 3. The number of para-hydroxylation sites is 1. The minimum absolute atomic E-state index is 0.145. The van der Waals surface area contributed by atoms with E-state index >= 15 is 0 Å². The number of rotatable bonds is 6. The van der Waals surface area contributed by atoms with Crippen LogP contribution in [0.3, 0.4) is 0 Å². The molecule has 1 rings (SSSR count). The van der Waals surface area contributed by atoms with Gasteiger partial charge in [-0.3, -0.25) is 9.59 Å². The Kier molecular flexibility index (Phi) is 5.96.